The Balaban J connectivity index is 1.99. The van der Waals surface area contributed by atoms with Gasteiger partial charge in [-0.2, -0.15) is 0 Å². The highest BCUT2D eigenvalue weighted by atomic mass is 19.2. The van der Waals surface area contributed by atoms with Crippen LogP contribution in [0, 0.1) is 17.6 Å². The van der Waals surface area contributed by atoms with Crippen LogP contribution in [0.4, 0.5) is 8.78 Å². The SMILES string of the molecule is NCCC1CCCN(C(=O)Cc2cccc(F)c2F)C1. The standard InChI is InChI=1S/C15H20F2N2O/c16-13-5-1-4-12(15(13)17)9-14(20)19-8-2-3-11(10-19)6-7-18/h1,4-5,11H,2-3,6-10,18H2. The molecule has 0 aliphatic carbocycles. The van der Waals surface area contributed by atoms with Crippen molar-refractivity contribution in [3.8, 4) is 0 Å². The topological polar surface area (TPSA) is 46.3 Å². The Morgan fingerprint density at radius 2 is 2.20 bits per heavy atom. The highest BCUT2D eigenvalue weighted by molar-refractivity contribution is 5.79. The molecular weight excluding hydrogens is 262 g/mol. The van der Waals surface area contributed by atoms with Crippen LogP contribution < -0.4 is 5.73 Å². The molecule has 3 nitrogen and oxygen atoms in total. The normalized spacial score (nSPS) is 19.1. The molecule has 20 heavy (non-hydrogen) atoms. The number of likely N-dealkylation sites (tertiary alicyclic amines) is 1. The van der Waals surface area contributed by atoms with E-state index in [4.69, 9.17) is 5.73 Å². The van der Waals surface area contributed by atoms with Gasteiger partial charge in [0, 0.05) is 18.7 Å². The lowest BCUT2D eigenvalue weighted by Gasteiger charge is -2.32. The van der Waals surface area contributed by atoms with Crippen LogP contribution in [0.25, 0.3) is 0 Å². The molecule has 1 aliphatic rings. The van der Waals surface area contributed by atoms with Gasteiger partial charge in [-0.3, -0.25) is 4.79 Å². The molecule has 1 fully saturated rings. The highest BCUT2D eigenvalue weighted by Crippen LogP contribution is 2.20. The first-order valence-electron chi connectivity index (χ1n) is 7.02. The molecule has 2 N–H and O–H groups in total. The first kappa shape index (κ1) is 14.9. The molecule has 0 saturated carbocycles. The number of nitrogens with two attached hydrogens (primary N) is 1. The first-order chi connectivity index (χ1) is 9.61. The molecule has 1 amide bonds. The minimum atomic E-state index is -0.920. The van der Waals surface area contributed by atoms with Crippen molar-refractivity contribution in [1.29, 1.82) is 0 Å². The van der Waals surface area contributed by atoms with Crippen LogP contribution in [0.5, 0.6) is 0 Å². The lowest BCUT2D eigenvalue weighted by Crippen LogP contribution is -2.41. The summed E-state index contributed by atoms with van der Waals surface area (Å²) in [5, 5.41) is 0. The Hall–Kier alpha value is -1.49. The third-order valence-corrected chi connectivity index (χ3v) is 3.82. The zero-order valence-corrected chi connectivity index (χ0v) is 11.4. The summed E-state index contributed by atoms with van der Waals surface area (Å²) in [5.41, 5.74) is 5.67. The van der Waals surface area contributed by atoms with E-state index in [-0.39, 0.29) is 17.9 Å². The van der Waals surface area contributed by atoms with E-state index in [9.17, 15) is 13.6 Å². The number of carbonyl (C=O) groups is 1. The van der Waals surface area contributed by atoms with E-state index in [1.165, 1.54) is 12.1 Å². The van der Waals surface area contributed by atoms with Crippen molar-refractivity contribution in [2.24, 2.45) is 11.7 Å². The van der Waals surface area contributed by atoms with Crippen LogP contribution in [0.1, 0.15) is 24.8 Å². The summed E-state index contributed by atoms with van der Waals surface area (Å²) >= 11 is 0. The quantitative estimate of drug-likeness (QED) is 0.919. The van der Waals surface area contributed by atoms with E-state index in [0.29, 0.717) is 25.6 Å². The van der Waals surface area contributed by atoms with Gasteiger partial charge in [0.2, 0.25) is 5.91 Å². The van der Waals surface area contributed by atoms with E-state index in [2.05, 4.69) is 0 Å². The molecule has 1 aromatic carbocycles. The minimum Gasteiger partial charge on any atom is -0.342 e. The number of piperidine rings is 1. The molecule has 0 radical (unpaired) electrons. The minimum absolute atomic E-state index is 0.0844. The van der Waals surface area contributed by atoms with Gasteiger partial charge in [0.05, 0.1) is 6.42 Å². The lowest BCUT2D eigenvalue weighted by atomic mass is 9.94. The van der Waals surface area contributed by atoms with Crippen LogP contribution in [0.15, 0.2) is 18.2 Å². The Bertz CT molecular complexity index is 477. The van der Waals surface area contributed by atoms with E-state index < -0.39 is 11.6 Å². The summed E-state index contributed by atoms with van der Waals surface area (Å²) in [7, 11) is 0. The number of carbonyl (C=O) groups excluding carboxylic acids is 1. The van der Waals surface area contributed by atoms with E-state index >= 15 is 0 Å². The second-order valence-electron chi connectivity index (χ2n) is 5.32. The van der Waals surface area contributed by atoms with Crippen LogP contribution in [-0.2, 0) is 11.2 Å². The second kappa shape index (κ2) is 6.79. The van der Waals surface area contributed by atoms with Crippen LogP contribution in [0.2, 0.25) is 0 Å². The van der Waals surface area contributed by atoms with Crippen molar-refractivity contribution in [1.82, 2.24) is 4.90 Å². The van der Waals surface area contributed by atoms with Crippen molar-refractivity contribution in [2.75, 3.05) is 19.6 Å². The maximum absolute atomic E-state index is 13.6. The van der Waals surface area contributed by atoms with Gasteiger partial charge in [0.1, 0.15) is 0 Å². The smallest absolute Gasteiger partial charge is 0.227 e. The van der Waals surface area contributed by atoms with Crippen LogP contribution in [-0.4, -0.2) is 30.4 Å². The maximum atomic E-state index is 13.6. The largest absolute Gasteiger partial charge is 0.342 e. The molecular formula is C15H20F2N2O. The van der Waals surface area contributed by atoms with Gasteiger partial charge in [-0.25, -0.2) is 8.78 Å². The number of halogens is 2. The fourth-order valence-electron chi connectivity index (χ4n) is 2.72. The number of rotatable bonds is 4. The van der Waals surface area contributed by atoms with Gasteiger partial charge in [-0.1, -0.05) is 12.1 Å². The predicted octanol–water partition coefficient (Wildman–Crippen LogP) is 2.09. The molecule has 0 spiro atoms. The van der Waals surface area contributed by atoms with Crippen LogP contribution in [0.3, 0.4) is 0 Å². The van der Waals surface area contributed by atoms with Gasteiger partial charge in [0.15, 0.2) is 11.6 Å². The molecule has 2 rings (SSSR count). The summed E-state index contributed by atoms with van der Waals surface area (Å²) < 4.78 is 26.7. The van der Waals surface area contributed by atoms with E-state index in [0.717, 1.165) is 25.3 Å². The number of nitrogens with zero attached hydrogens (tertiary/aromatic N) is 1. The van der Waals surface area contributed by atoms with Crippen molar-refractivity contribution >= 4 is 5.91 Å². The Morgan fingerprint density at radius 3 is 2.95 bits per heavy atom. The monoisotopic (exact) mass is 282 g/mol. The molecule has 1 unspecified atom stereocenters. The molecule has 1 aromatic rings. The van der Waals surface area contributed by atoms with E-state index in [1.807, 2.05) is 0 Å². The molecule has 1 aliphatic heterocycles. The summed E-state index contributed by atoms with van der Waals surface area (Å²) in [4.78, 5) is 13.9. The van der Waals surface area contributed by atoms with Gasteiger partial charge >= 0.3 is 0 Å². The summed E-state index contributed by atoms with van der Waals surface area (Å²) in [6.07, 6.45) is 2.84. The van der Waals surface area contributed by atoms with Crippen molar-refractivity contribution in [2.45, 2.75) is 25.7 Å². The summed E-state index contributed by atoms with van der Waals surface area (Å²) in [6, 6.07) is 3.94. The number of benzene rings is 1. The molecule has 0 aromatic heterocycles. The summed E-state index contributed by atoms with van der Waals surface area (Å²) in [6.45, 7) is 1.98. The second-order valence-corrected chi connectivity index (χ2v) is 5.32. The third kappa shape index (κ3) is 3.54. The summed E-state index contributed by atoms with van der Waals surface area (Å²) in [5.74, 6) is -1.54. The zero-order chi connectivity index (χ0) is 14.5. The number of hydrogen-bond acceptors (Lipinski definition) is 2. The third-order valence-electron chi connectivity index (χ3n) is 3.82. The highest BCUT2D eigenvalue weighted by Gasteiger charge is 2.24. The van der Waals surface area contributed by atoms with Crippen molar-refractivity contribution in [3.63, 3.8) is 0 Å². The molecule has 1 saturated heterocycles. The van der Waals surface area contributed by atoms with Crippen molar-refractivity contribution < 1.29 is 13.6 Å². The fraction of sp³-hybridized carbons (Fsp3) is 0.533. The molecule has 110 valence electrons. The fourth-order valence-corrected chi connectivity index (χ4v) is 2.72. The van der Waals surface area contributed by atoms with Gasteiger partial charge < -0.3 is 10.6 Å². The Labute approximate surface area is 117 Å². The molecule has 5 heteroatoms. The Kier molecular flexibility index (Phi) is 5.06. The number of hydrogen-bond donors (Lipinski definition) is 1. The average Bonchev–Trinajstić information content (AvgIpc) is 2.44. The average molecular weight is 282 g/mol. The van der Waals surface area contributed by atoms with E-state index in [1.54, 1.807) is 4.90 Å². The molecule has 1 heterocycles. The maximum Gasteiger partial charge on any atom is 0.227 e. The number of amides is 1. The zero-order valence-electron chi connectivity index (χ0n) is 11.4. The Morgan fingerprint density at radius 1 is 1.40 bits per heavy atom. The lowest BCUT2D eigenvalue weighted by molar-refractivity contribution is -0.132. The first-order valence-corrected chi connectivity index (χ1v) is 7.02. The van der Waals surface area contributed by atoms with Gasteiger partial charge in [-0.05, 0) is 37.8 Å². The van der Waals surface area contributed by atoms with Gasteiger partial charge in [0.25, 0.3) is 0 Å². The van der Waals surface area contributed by atoms with Gasteiger partial charge in [-0.15, -0.1) is 0 Å². The molecule has 1 atom stereocenters. The predicted molar refractivity (Wildman–Crippen MR) is 73.0 cm³/mol. The molecule has 0 bridgehead atoms. The van der Waals surface area contributed by atoms with Crippen LogP contribution >= 0.6 is 0 Å². The van der Waals surface area contributed by atoms with Crippen molar-refractivity contribution in [3.05, 3.63) is 35.4 Å².